The van der Waals surface area contributed by atoms with Gasteiger partial charge in [0.05, 0.1) is 6.20 Å². The quantitative estimate of drug-likeness (QED) is 0.813. The van der Waals surface area contributed by atoms with Crippen molar-refractivity contribution in [1.82, 2.24) is 14.8 Å². The van der Waals surface area contributed by atoms with Crippen LogP contribution in [-0.4, -0.2) is 41.6 Å². The molecule has 1 aliphatic carbocycles. The van der Waals surface area contributed by atoms with Gasteiger partial charge in [-0.1, -0.05) is 49.1 Å². The second-order valence-electron chi connectivity index (χ2n) is 7.48. The Balaban J connectivity index is 1.49. The second kappa shape index (κ2) is 9.04. The molecule has 1 saturated carbocycles. The number of benzene rings is 1. The normalized spacial score (nSPS) is 15.2. The summed E-state index contributed by atoms with van der Waals surface area (Å²) < 4.78 is 6.60. The number of hydrogen-bond donors (Lipinski definition) is 1. The number of aromatic nitrogens is 1. The van der Waals surface area contributed by atoms with Crippen LogP contribution in [0.15, 0.2) is 39.7 Å². The summed E-state index contributed by atoms with van der Waals surface area (Å²) in [7, 11) is 2.12. The minimum absolute atomic E-state index is 0.0265. The van der Waals surface area contributed by atoms with E-state index < -0.39 is 5.76 Å². The van der Waals surface area contributed by atoms with Gasteiger partial charge in [-0.05, 0) is 26.8 Å². The smallest absolute Gasteiger partial charge is 0.408 e. The van der Waals surface area contributed by atoms with E-state index in [9.17, 15) is 9.59 Å². The molecular weight excluding hydrogens is 342 g/mol. The van der Waals surface area contributed by atoms with Crippen LogP contribution in [0.25, 0.3) is 11.3 Å². The Morgan fingerprint density at radius 1 is 1.22 bits per heavy atom. The summed E-state index contributed by atoms with van der Waals surface area (Å²) in [5.74, 6) is -0.213. The second-order valence-corrected chi connectivity index (χ2v) is 7.48. The number of carbonyl (C=O) groups excluding carboxylic acids is 1. The summed E-state index contributed by atoms with van der Waals surface area (Å²) in [4.78, 5) is 26.5. The van der Waals surface area contributed by atoms with Crippen LogP contribution in [0.5, 0.6) is 0 Å². The fourth-order valence-electron chi connectivity index (χ4n) is 3.62. The first-order valence-corrected chi connectivity index (χ1v) is 9.77. The number of likely N-dealkylation sites (N-methyl/N-ethyl adjacent to an activating group) is 1. The Morgan fingerprint density at radius 2 is 1.93 bits per heavy atom. The molecule has 3 rings (SSSR count). The van der Waals surface area contributed by atoms with Crippen LogP contribution in [0.1, 0.15) is 37.7 Å². The van der Waals surface area contributed by atoms with Gasteiger partial charge in [0, 0.05) is 24.7 Å². The molecular formula is C21H29N3O3. The van der Waals surface area contributed by atoms with Crippen molar-refractivity contribution >= 4 is 5.91 Å². The first-order valence-electron chi connectivity index (χ1n) is 9.77. The fraction of sp³-hybridized carbons (Fsp3) is 0.524. The molecule has 0 atom stereocenters. The molecule has 146 valence electrons. The van der Waals surface area contributed by atoms with Gasteiger partial charge in [-0.2, -0.15) is 0 Å². The molecule has 1 heterocycles. The molecule has 1 aliphatic rings. The number of rotatable bonds is 7. The maximum absolute atomic E-state index is 12.2. The lowest BCUT2D eigenvalue weighted by Gasteiger charge is -2.31. The molecule has 6 nitrogen and oxygen atoms in total. The Bertz CT molecular complexity index is 801. The zero-order chi connectivity index (χ0) is 19.2. The van der Waals surface area contributed by atoms with E-state index in [1.54, 1.807) is 6.20 Å². The van der Waals surface area contributed by atoms with Gasteiger partial charge >= 0.3 is 5.76 Å². The Hall–Kier alpha value is -2.34. The zero-order valence-corrected chi connectivity index (χ0v) is 16.2. The topological polar surface area (TPSA) is 67.5 Å². The van der Waals surface area contributed by atoms with E-state index in [0.717, 1.165) is 17.7 Å². The van der Waals surface area contributed by atoms with E-state index in [1.165, 1.54) is 36.7 Å². The molecule has 1 amide bonds. The molecule has 1 fully saturated rings. The van der Waals surface area contributed by atoms with Gasteiger partial charge in [0.25, 0.3) is 0 Å². The van der Waals surface area contributed by atoms with Crippen LogP contribution in [0.4, 0.5) is 0 Å². The molecule has 0 aliphatic heterocycles. The van der Waals surface area contributed by atoms with Crippen LogP contribution < -0.4 is 11.1 Å². The van der Waals surface area contributed by atoms with Crippen LogP contribution in [0.3, 0.4) is 0 Å². The molecule has 2 aromatic rings. The van der Waals surface area contributed by atoms with Crippen LogP contribution in [-0.2, 0) is 11.3 Å². The summed E-state index contributed by atoms with van der Waals surface area (Å²) in [6.45, 7) is 3.39. The number of nitrogens with zero attached hydrogens (tertiary/aromatic N) is 2. The number of oxazole rings is 1. The van der Waals surface area contributed by atoms with Crippen molar-refractivity contribution in [3.63, 3.8) is 0 Å². The minimum Gasteiger partial charge on any atom is -0.408 e. The van der Waals surface area contributed by atoms with Gasteiger partial charge < -0.3 is 14.6 Å². The summed E-state index contributed by atoms with van der Waals surface area (Å²) >= 11 is 0. The third-order valence-corrected chi connectivity index (χ3v) is 5.34. The number of carbonyl (C=O) groups is 1. The van der Waals surface area contributed by atoms with E-state index in [1.807, 2.05) is 31.2 Å². The molecule has 27 heavy (non-hydrogen) atoms. The van der Waals surface area contributed by atoms with Crippen molar-refractivity contribution in [2.45, 2.75) is 51.6 Å². The van der Waals surface area contributed by atoms with Crippen molar-refractivity contribution in [3.8, 4) is 11.3 Å². The molecule has 0 bridgehead atoms. The molecule has 6 heteroatoms. The third-order valence-electron chi connectivity index (χ3n) is 5.34. The van der Waals surface area contributed by atoms with Gasteiger partial charge in [0.1, 0.15) is 6.54 Å². The highest BCUT2D eigenvalue weighted by atomic mass is 16.4. The highest BCUT2D eigenvalue weighted by molar-refractivity contribution is 5.75. The van der Waals surface area contributed by atoms with Crippen molar-refractivity contribution in [2.24, 2.45) is 0 Å². The first kappa shape index (κ1) is 19.4. The lowest BCUT2D eigenvalue weighted by atomic mass is 9.94. The largest absolute Gasteiger partial charge is 0.419 e. The SMILES string of the molecule is Cc1ccc(-c2cn(CC(=O)NCCN(C)C3CCCCC3)c(=O)o2)cc1. The molecule has 1 N–H and O–H groups in total. The summed E-state index contributed by atoms with van der Waals surface area (Å²) in [5, 5.41) is 2.90. The molecule has 0 unspecified atom stereocenters. The highest BCUT2D eigenvalue weighted by Gasteiger charge is 2.17. The minimum atomic E-state index is -0.514. The Labute approximate surface area is 160 Å². The summed E-state index contributed by atoms with van der Waals surface area (Å²) in [5.41, 5.74) is 1.96. The monoisotopic (exact) mass is 371 g/mol. The zero-order valence-electron chi connectivity index (χ0n) is 16.2. The predicted molar refractivity (Wildman–Crippen MR) is 106 cm³/mol. The van der Waals surface area contributed by atoms with Crippen molar-refractivity contribution < 1.29 is 9.21 Å². The van der Waals surface area contributed by atoms with E-state index in [-0.39, 0.29) is 12.5 Å². The van der Waals surface area contributed by atoms with Gasteiger partial charge in [0.2, 0.25) is 5.91 Å². The van der Waals surface area contributed by atoms with Gasteiger partial charge in [-0.3, -0.25) is 9.36 Å². The number of amides is 1. The number of nitrogens with one attached hydrogen (secondary N) is 1. The maximum atomic E-state index is 12.2. The van der Waals surface area contributed by atoms with Gasteiger partial charge in [-0.25, -0.2) is 4.79 Å². The third kappa shape index (κ3) is 5.32. The predicted octanol–water partition coefficient (Wildman–Crippen LogP) is 2.80. The van der Waals surface area contributed by atoms with Crippen molar-refractivity contribution in [1.29, 1.82) is 0 Å². The Morgan fingerprint density at radius 3 is 2.63 bits per heavy atom. The number of aryl methyl sites for hydroxylation is 1. The van der Waals surface area contributed by atoms with E-state index >= 15 is 0 Å². The van der Waals surface area contributed by atoms with Crippen molar-refractivity contribution in [2.75, 3.05) is 20.1 Å². The molecule has 1 aromatic heterocycles. The van der Waals surface area contributed by atoms with Gasteiger partial charge in [-0.15, -0.1) is 0 Å². The van der Waals surface area contributed by atoms with Gasteiger partial charge in [0.15, 0.2) is 5.76 Å². The van der Waals surface area contributed by atoms with E-state index in [4.69, 9.17) is 4.42 Å². The Kier molecular flexibility index (Phi) is 6.50. The average Bonchev–Trinajstić information content (AvgIpc) is 3.03. The number of hydrogen-bond acceptors (Lipinski definition) is 4. The van der Waals surface area contributed by atoms with Crippen LogP contribution >= 0.6 is 0 Å². The molecule has 0 spiro atoms. The highest BCUT2D eigenvalue weighted by Crippen LogP contribution is 2.21. The first-order chi connectivity index (χ1) is 13.0. The lowest BCUT2D eigenvalue weighted by molar-refractivity contribution is -0.121. The van der Waals surface area contributed by atoms with Crippen LogP contribution in [0, 0.1) is 6.92 Å². The fourth-order valence-corrected chi connectivity index (χ4v) is 3.62. The molecule has 1 aromatic carbocycles. The molecule has 0 radical (unpaired) electrons. The van der Waals surface area contributed by atoms with E-state index in [2.05, 4.69) is 17.3 Å². The average molecular weight is 371 g/mol. The standard InChI is InChI=1S/C21H29N3O3/c1-16-8-10-17(11-9-16)19-14-24(21(26)27-19)15-20(25)22-12-13-23(2)18-6-4-3-5-7-18/h8-11,14,18H,3-7,12-13,15H2,1-2H3,(H,22,25). The van der Waals surface area contributed by atoms with Crippen molar-refractivity contribution in [3.05, 3.63) is 46.6 Å². The van der Waals surface area contributed by atoms with E-state index in [0.29, 0.717) is 18.3 Å². The summed E-state index contributed by atoms with van der Waals surface area (Å²) in [6.07, 6.45) is 8.03. The maximum Gasteiger partial charge on any atom is 0.419 e. The molecule has 0 saturated heterocycles. The summed E-state index contributed by atoms with van der Waals surface area (Å²) in [6, 6.07) is 8.35. The van der Waals surface area contributed by atoms with Crippen LogP contribution in [0.2, 0.25) is 0 Å². The lowest BCUT2D eigenvalue weighted by Crippen LogP contribution is -2.40.